The maximum atomic E-state index is 9.14. The number of benzene rings is 1. The van der Waals surface area contributed by atoms with Gasteiger partial charge in [-0.25, -0.2) is 0 Å². The molecule has 0 unspecified atom stereocenters. The van der Waals surface area contributed by atoms with E-state index in [0.29, 0.717) is 18.1 Å². The minimum atomic E-state index is -0.0656. The first-order valence-electron chi connectivity index (χ1n) is 4.60. The van der Waals surface area contributed by atoms with E-state index in [1.807, 2.05) is 6.07 Å². The van der Waals surface area contributed by atoms with Crippen molar-refractivity contribution in [2.45, 2.75) is 13.2 Å². The normalized spacial score (nSPS) is 10.1. The lowest BCUT2D eigenvalue weighted by molar-refractivity contribution is 0.181. The summed E-state index contributed by atoms with van der Waals surface area (Å²) in [5.41, 5.74) is 1.62. The van der Waals surface area contributed by atoms with Crippen molar-refractivity contribution >= 4 is 0 Å². The second kappa shape index (κ2) is 5.58. The Morgan fingerprint density at radius 1 is 1.00 bits per heavy atom. The average Bonchev–Trinajstić information content (AvgIpc) is 2.28. The summed E-state index contributed by atoms with van der Waals surface area (Å²) < 4.78 is 15.4. The van der Waals surface area contributed by atoms with Crippen LogP contribution in [0.2, 0.25) is 0 Å². The molecule has 0 heterocycles. The van der Waals surface area contributed by atoms with Gasteiger partial charge in [0.2, 0.25) is 0 Å². The molecular weight excluding hydrogens is 196 g/mol. The van der Waals surface area contributed by atoms with E-state index >= 15 is 0 Å². The van der Waals surface area contributed by atoms with E-state index in [4.69, 9.17) is 19.3 Å². The molecule has 1 aromatic rings. The molecule has 0 radical (unpaired) electrons. The first kappa shape index (κ1) is 11.8. The van der Waals surface area contributed by atoms with Crippen LogP contribution in [0.5, 0.6) is 11.5 Å². The van der Waals surface area contributed by atoms with E-state index in [1.165, 1.54) is 0 Å². The number of methoxy groups -OCH3 is 3. The molecule has 0 bridgehead atoms. The van der Waals surface area contributed by atoms with Crippen molar-refractivity contribution in [3.63, 3.8) is 0 Å². The SMILES string of the molecule is COCc1cc(CO)c(OC)cc1OC. The summed E-state index contributed by atoms with van der Waals surface area (Å²) in [6.45, 7) is 0.379. The Balaban J connectivity index is 3.15. The average molecular weight is 212 g/mol. The lowest BCUT2D eigenvalue weighted by atomic mass is 10.1. The predicted octanol–water partition coefficient (Wildman–Crippen LogP) is 1.34. The van der Waals surface area contributed by atoms with Crippen LogP contribution < -0.4 is 9.47 Å². The number of aliphatic hydroxyl groups is 1. The Hall–Kier alpha value is -1.26. The molecule has 0 fully saturated rings. The molecule has 0 saturated heterocycles. The number of rotatable bonds is 5. The molecule has 0 atom stereocenters. The first-order chi connectivity index (χ1) is 7.26. The molecule has 0 aromatic heterocycles. The Kier molecular flexibility index (Phi) is 4.39. The topological polar surface area (TPSA) is 47.9 Å². The van der Waals surface area contributed by atoms with Crippen LogP contribution in [0.1, 0.15) is 11.1 Å². The fourth-order valence-corrected chi connectivity index (χ4v) is 1.43. The minimum Gasteiger partial charge on any atom is -0.496 e. The van der Waals surface area contributed by atoms with E-state index < -0.39 is 0 Å². The lowest BCUT2D eigenvalue weighted by Crippen LogP contribution is -1.99. The third-order valence-corrected chi connectivity index (χ3v) is 2.15. The van der Waals surface area contributed by atoms with E-state index in [0.717, 1.165) is 11.1 Å². The second-order valence-electron chi connectivity index (χ2n) is 3.07. The summed E-state index contributed by atoms with van der Waals surface area (Å²) in [6, 6.07) is 3.57. The summed E-state index contributed by atoms with van der Waals surface area (Å²) in [7, 11) is 4.76. The van der Waals surface area contributed by atoms with Gasteiger partial charge in [0.05, 0.1) is 27.4 Å². The molecule has 1 aromatic carbocycles. The van der Waals surface area contributed by atoms with Crippen molar-refractivity contribution in [1.29, 1.82) is 0 Å². The monoisotopic (exact) mass is 212 g/mol. The quantitative estimate of drug-likeness (QED) is 0.800. The maximum absolute atomic E-state index is 9.14. The van der Waals surface area contributed by atoms with Gasteiger partial charge in [-0.05, 0) is 6.07 Å². The van der Waals surface area contributed by atoms with Crippen LogP contribution in [-0.2, 0) is 18.0 Å². The summed E-state index contributed by atoms with van der Waals surface area (Å²) in [6.07, 6.45) is 0. The molecule has 1 N–H and O–H groups in total. The van der Waals surface area contributed by atoms with Crippen LogP contribution in [0.15, 0.2) is 12.1 Å². The van der Waals surface area contributed by atoms with Gasteiger partial charge in [0, 0.05) is 24.3 Å². The summed E-state index contributed by atoms with van der Waals surface area (Å²) in [5.74, 6) is 1.32. The number of hydrogen-bond donors (Lipinski definition) is 1. The molecule has 0 amide bonds. The Morgan fingerprint density at radius 2 is 1.60 bits per heavy atom. The van der Waals surface area contributed by atoms with E-state index in [-0.39, 0.29) is 6.61 Å². The third-order valence-electron chi connectivity index (χ3n) is 2.15. The molecule has 0 aliphatic rings. The lowest BCUT2D eigenvalue weighted by Gasteiger charge is -2.13. The van der Waals surface area contributed by atoms with Gasteiger partial charge >= 0.3 is 0 Å². The first-order valence-corrected chi connectivity index (χ1v) is 4.60. The van der Waals surface area contributed by atoms with Crippen molar-refractivity contribution in [2.24, 2.45) is 0 Å². The molecule has 84 valence electrons. The van der Waals surface area contributed by atoms with E-state index in [9.17, 15) is 0 Å². The maximum Gasteiger partial charge on any atom is 0.128 e. The van der Waals surface area contributed by atoms with Gasteiger partial charge in [-0.1, -0.05) is 0 Å². The van der Waals surface area contributed by atoms with E-state index in [1.54, 1.807) is 27.4 Å². The van der Waals surface area contributed by atoms with Crippen LogP contribution in [0.4, 0.5) is 0 Å². The fraction of sp³-hybridized carbons (Fsp3) is 0.455. The Morgan fingerprint density at radius 3 is 2.07 bits per heavy atom. The van der Waals surface area contributed by atoms with Crippen molar-refractivity contribution < 1.29 is 19.3 Å². The Bertz CT molecular complexity index is 323. The van der Waals surface area contributed by atoms with Crippen LogP contribution in [0.25, 0.3) is 0 Å². The zero-order valence-corrected chi connectivity index (χ0v) is 9.24. The van der Waals surface area contributed by atoms with Crippen LogP contribution >= 0.6 is 0 Å². The molecule has 0 aliphatic carbocycles. The highest BCUT2D eigenvalue weighted by atomic mass is 16.5. The molecule has 0 spiro atoms. The predicted molar refractivity (Wildman–Crippen MR) is 56.2 cm³/mol. The van der Waals surface area contributed by atoms with Gasteiger partial charge < -0.3 is 19.3 Å². The fourth-order valence-electron chi connectivity index (χ4n) is 1.43. The highest BCUT2D eigenvalue weighted by molar-refractivity contribution is 5.46. The third kappa shape index (κ3) is 2.61. The van der Waals surface area contributed by atoms with Gasteiger partial charge in [-0.15, -0.1) is 0 Å². The van der Waals surface area contributed by atoms with Gasteiger partial charge in [0.15, 0.2) is 0 Å². The highest BCUT2D eigenvalue weighted by Gasteiger charge is 2.10. The van der Waals surface area contributed by atoms with Gasteiger partial charge in [-0.2, -0.15) is 0 Å². The molecule has 1 rings (SSSR count). The standard InChI is InChI=1S/C11H16O4/c1-13-7-9-4-8(6-12)10(14-2)5-11(9)15-3/h4-5,12H,6-7H2,1-3H3. The van der Waals surface area contributed by atoms with Crippen molar-refractivity contribution in [3.8, 4) is 11.5 Å². The molecule has 0 aliphatic heterocycles. The minimum absolute atomic E-state index is 0.0656. The van der Waals surface area contributed by atoms with Crippen LogP contribution in [0, 0.1) is 0 Å². The Labute approximate surface area is 89.4 Å². The smallest absolute Gasteiger partial charge is 0.128 e. The van der Waals surface area contributed by atoms with Crippen LogP contribution in [0.3, 0.4) is 0 Å². The molecular formula is C11H16O4. The molecule has 4 nitrogen and oxygen atoms in total. The number of ether oxygens (including phenoxy) is 3. The molecule has 4 heteroatoms. The van der Waals surface area contributed by atoms with Crippen LogP contribution in [-0.4, -0.2) is 26.4 Å². The highest BCUT2D eigenvalue weighted by Crippen LogP contribution is 2.29. The van der Waals surface area contributed by atoms with Gasteiger partial charge in [0.1, 0.15) is 11.5 Å². The molecule has 15 heavy (non-hydrogen) atoms. The van der Waals surface area contributed by atoms with Crippen molar-refractivity contribution in [1.82, 2.24) is 0 Å². The summed E-state index contributed by atoms with van der Waals surface area (Å²) >= 11 is 0. The number of hydrogen-bond acceptors (Lipinski definition) is 4. The second-order valence-corrected chi connectivity index (χ2v) is 3.07. The number of aliphatic hydroxyl groups excluding tert-OH is 1. The largest absolute Gasteiger partial charge is 0.496 e. The van der Waals surface area contributed by atoms with Gasteiger partial charge in [0.25, 0.3) is 0 Å². The van der Waals surface area contributed by atoms with Crippen molar-refractivity contribution in [3.05, 3.63) is 23.3 Å². The summed E-state index contributed by atoms with van der Waals surface area (Å²) in [4.78, 5) is 0. The molecule has 0 saturated carbocycles. The van der Waals surface area contributed by atoms with Crippen molar-refractivity contribution in [2.75, 3.05) is 21.3 Å². The van der Waals surface area contributed by atoms with Gasteiger partial charge in [-0.3, -0.25) is 0 Å². The summed E-state index contributed by atoms with van der Waals surface area (Å²) in [5, 5.41) is 9.14. The van der Waals surface area contributed by atoms with E-state index in [2.05, 4.69) is 0 Å². The zero-order chi connectivity index (χ0) is 11.3. The zero-order valence-electron chi connectivity index (χ0n) is 9.24.